The van der Waals surface area contributed by atoms with E-state index in [0.29, 0.717) is 31.9 Å². The van der Waals surface area contributed by atoms with Gasteiger partial charge in [-0.1, -0.05) is 0 Å². The first-order valence-electron chi connectivity index (χ1n) is 7.55. The van der Waals surface area contributed by atoms with Crippen molar-refractivity contribution in [3.8, 4) is 0 Å². The van der Waals surface area contributed by atoms with Crippen molar-refractivity contribution < 1.29 is 22.8 Å². The van der Waals surface area contributed by atoms with Crippen molar-refractivity contribution in [1.82, 2.24) is 9.80 Å². The van der Waals surface area contributed by atoms with Crippen LogP contribution in [0.4, 0.5) is 8.78 Å². The summed E-state index contributed by atoms with van der Waals surface area (Å²) in [5.74, 6) is -2.33. The molecular weight excluding hydrogens is 318 g/mol. The molecule has 0 atom stereocenters. The van der Waals surface area contributed by atoms with E-state index in [4.69, 9.17) is 4.42 Å². The maximum Gasteiger partial charge on any atom is 0.289 e. The van der Waals surface area contributed by atoms with E-state index in [1.165, 1.54) is 17.2 Å². The summed E-state index contributed by atoms with van der Waals surface area (Å²) in [5.41, 5.74) is 0.857. The predicted molar refractivity (Wildman–Crippen MR) is 81.6 cm³/mol. The maximum absolute atomic E-state index is 13.3. The molecule has 0 bridgehead atoms. The fraction of sp³-hybridized carbons (Fsp3) is 0.294. The molecule has 2 aromatic rings. The number of carbonyl (C=O) groups is 2. The van der Waals surface area contributed by atoms with Crippen molar-refractivity contribution in [3.63, 3.8) is 0 Å². The number of hydrogen-bond donors (Lipinski definition) is 0. The molecule has 0 unspecified atom stereocenters. The number of hydrogen-bond acceptors (Lipinski definition) is 3. The van der Waals surface area contributed by atoms with Gasteiger partial charge < -0.3 is 14.2 Å². The second-order valence-electron chi connectivity index (χ2n) is 5.65. The molecule has 1 aromatic heterocycles. The minimum atomic E-state index is -1.05. The Bertz CT molecular complexity index is 780. The normalized spacial score (nSPS) is 14.8. The van der Waals surface area contributed by atoms with Crippen LogP contribution in [0.2, 0.25) is 0 Å². The van der Waals surface area contributed by atoms with Crippen molar-refractivity contribution in [1.29, 1.82) is 0 Å². The number of aryl methyl sites for hydroxylation is 1. The molecule has 1 saturated heterocycles. The van der Waals surface area contributed by atoms with Gasteiger partial charge in [-0.15, -0.1) is 0 Å². The summed E-state index contributed by atoms with van der Waals surface area (Å²) in [5, 5.41) is 0. The molecule has 5 nitrogen and oxygen atoms in total. The summed E-state index contributed by atoms with van der Waals surface area (Å²) in [6.45, 7) is 3.15. The quantitative estimate of drug-likeness (QED) is 0.848. The van der Waals surface area contributed by atoms with Crippen molar-refractivity contribution in [2.45, 2.75) is 6.92 Å². The Morgan fingerprint density at radius 3 is 2.12 bits per heavy atom. The molecule has 24 heavy (non-hydrogen) atoms. The average Bonchev–Trinajstić information content (AvgIpc) is 3.02. The molecule has 7 heteroatoms. The largest absolute Gasteiger partial charge is 0.459 e. The fourth-order valence-corrected chi connectivity index (χ4v) is 2.66. The summed E-state index contributed by atoms with van der Waals surface area (Å²) in [6.07, 6.45) is 1.46. The number of nitrogens with zero attached hydrogens (tertiary/aromatic N) is 2. The number of halogens is 2. The molecule has 0 aliphatic carbocycles. The molecule has 0 N–H and O–H groups in total. The number of benzene rings is 1. The Hall–Kier alpha value is -2.70. The van der Waals surface area contributed by atoms with Gasteiger partial charge in [0.1, 0.15) is 0 Å². The van der Waals surface area contributed by atoms with Crippen LogP contribution in [0, 0.1) is 18.6 Å². The van der Waals surface area contributed by atoms with Gasteiger partial charge >= 0.3 is 0 Å². The van der Waals surface area contributed by atoms with Crippen molar-refractivity contribution in [2.75, 3.05) is 26.2 Å². The van der Waals surface area contributed by atoms with Crippen molar-refractivity contribution in [2.24, 2.45) is 0 Å². The number of amides is 2. The molecule has 1 aliphatic heterocycles. The summed E-state index contributed by atoms with van der Waals surface area (Å²) in [7, 11) is 0. The van der Waals surface area contributed by atoms with Crippen LogP contribution in [-0.2, 0) is 0 Å². The van der Waals surface area contributed by atoms with Crippen LogP contribution in [0.15, 0.2) is 34.9 Å². The fourth-order valence-electron chi connectivity index (χ4n) is 2.66. The van der Waals surface area contributed by atoms with Crippen molar-refractivity contribution >= 4 is 11.8 Å². The van der Waals surface area contributed by atoms with Crippen LogP contribution >= 0.6 is 0 Å². The standard InChI is InChI=1S/C17H16F2N2O3/c1-11-4-9-24-15(11)17(23)21-7-5-20(6-8-21)16(22)12-2-3-13(18)14(19)10-12/h2-4,9-10H,5-8H2,1H3. The van der Waals surface area contributed by atoms with Crippen LogP contribution in [0.1, 0.15) is 26.5 Å². The SMILES string of the molecule is Cc1ccoc1C(=O)N1CCN(C(=O)c2ccc(F)c(F)c2)CC1. The molecule has 0 spiro atoms. The Morgan fingerprint density at radius 2 is 1.58 bits per heavy atom. The molecule has 126 valence electrons. The van der Waals surface area contributed by atoms with E-state index in [0.717, 1.165) is 17.7 Å². The molecule has 2 heterocycles. The van der Waals surface area contributed by atoms with E-state index in [9.17, 15) is 18.4 Å². The smallest absolute Gasteiger partial charge is 0.289 e. The molecule has 1 aliphatic rings. The zero-order chi connectivity index (χ0) is 17.3. The summed E-state index contributed by atoms with van der Waals surface area (Å²) < 4.78 is 31.4. The first-order chi connectivity index (χ1) is 11.5. The lowest BCUT2D eigenvalue weighted by Crippen LogP contribution is -2.50. The predicted octanol–water partition coefficient (Wildman–Crippen LogP) is 2.46. The number of carbonyl (C=O) groups excluding carboxylic acids is 2. The molecule has 1 aromatic carbocycles. The monoisotopic (exact) mass is 334 g/mol. The van der Waals surface area contributed by atoms with Gasteiger partial charge in [0.25, 0.3) is 11.8 Å². The molecule has 0 radical (unpaired) electrons. The second-order valence-corrected chi connectivity index (χ2v) is 5.65. The lowest BCUT2D eigenvalue weighted by Gasteiger charge is -2.34. The highest BCUT2D eigenvalue weighted by Crippen LogP contribution is 2.16. The van der Waals surface area contributed by atoms with Crippen LogP contribution in [0.5, 0.6) is 0 Å². The third-order valence-corrected chi connectivity index (χ3v) is 4.08. The lowest BCUT2D eigenvalue weighted by atomic mass is 10.1. The topological polar surface area (TPSA) is 53.8 Å². The van der Waals surface area contributed by atoms with Gasteiger partial charge in [-0.05, 0) is 31.2 Å². The van der Waals surface area contributed by atoms with Crippen LogP contribution in [0.3, 0.4) is 0 Å². The Kier molecular flexibility index (Phi) is 4.33. The van der Waals surface area contributed by atoms with Gasteiger partial charge in [0.05, 0.1) is 6.26 Å². The molecule has 3 rings (SSSR count). The average molecular weight is 334 g/mol. The summed E-state index contributed by atoms with van der Waals surface area (Å²) >= 11 is 0. The van der Waals surface area contributed by atoms with Crippen LogP contribution in [0.25, 0.3) is 0 Å². The maximum atomic E-state index is 13.3. The van der Waals surface area contributed by atoms with Gasteiger partial charge in [0, 0.05) is 37.3 Å². The highest BCUT2D eigenvalue weighted by Gasteiger charge is 2.27. The lowest BCUT2D eigenvalue weighted by molar-refractivity contribution is 0.0517. The number of piperazine rings is 1. The minimum Gasteiger partial charge on any atom is -0.459 e. The Labute approximate surface area is 137 Å². The van der Waals surface area contributed by atoms with Gasteiger partial charge in [-0.2, -0.15) is 0 Å². The Balaban J connectivity index is 1.64. The van der Waals surface area contributed by atoms with Crippen LogP contribution in [-0.4, -0.2) is 47.8 Å². The van der Waals surface area contributed by atoms with Gasteiger partial charge in [-0.25, -0.2) is 8.78 Å². The van der Waals surface area contributed by atoms with Gasteiger partial charge in [-0.3, -0.25) is 9.59 Å². The van der Waals surface area contributed by atoms with E-state index in [1.807, 2.05) is 0 Å². The third-order valence-electron chi connectivity index (χ3n) is 4.08. The first kappa shape index (κ1) is 16.2. The number of rotatable bonds is 2. The Morgan fingerprint density at radius 1 is 0.958 bits per heavy atom. The van der Waals surface area contributed by atoms with Gasteiger partial charge in [0.15, 0.2) is 17.4 Å². The zero-order valence-corrected chi connectivity index (χ0v) is 13.1. The van der Waals surface area contributed by atoms with Crippen LogP contribution < -0.4 is 0 Å². The molecular formula is C17H16F2N2O3. The van der Waals surface area contributed by atoms with Crippen molar-refractivity contribution in [3.05, 3.63) is 59.1 Å². The van der Waals surface area contributed by atoms with E-state index >= 15 is 0 Å². The molecule has 2 amide bonds. The first-order valence-corrected chi connectivity index (χ1v) is 7.55. The van der Waals surface area contributed by atoms with E-state index < -0.39 is 11.6 Å². The van der Waals surface area contributed by atoms with E-state index in [-0.39, 0.29) is 17.4 Å². The highest BCUT2D eigenvalue weighted by molar-refractivity contribution is 5.95. The van der Waals surface area contributed by atoms with Gasteiger partial charge in [0.2, 0.25) is 0 Å². The van der Waals surface area contributed by atoms with E-state index in [1.54, 1.807) is 17.9 Å². The summed E-state index contributed by atoms with van der Waals surface area (Å²) in [6, 6.07) is 4.80. The highest BCUT2D eigenvalue weighted by atomic mass is 19.2. The van der Waals surface area contributed by atoms with E-state index in [2.05, 4.69) is 0 Å². The zero-order valence-electron chi connectivity index (χ0n) is 13.1. The number of furan rings is 1. The summed E-state index contributed by atoms with van der Waals surface area (Å²) in [4.78, 5) is 27.8. The molecule has 1 fully saturated rings. The third kappa shape index (κ3) is 3.02. The molecule has 0 saturated carbocycles. The minimum absolute atomic E-state index is 0.0931. The second kappa shape index (κ2) is 6.43.